The summed E-state index contributed by atoms with van der Waals surface area (Å²) in [5.41, 5.74) is 0.996. The van der Waals surface area contributed by atoms with Crippen LogP contribution in [0.25, 0.3) is 0 Å². The number of amides is 1. The molecule has 1 saturated heterocycles. The van der Waals surface area contributed by atoms with E-state index in [1.165, 1.54) is 12.8 Å². The third-order valence-corrected chi connectivity index (χ3v) is 3.51. The van der Waals surface area contributed by atoms with Gasteiger partial charge in [-0.1, -0.05) is 23.7 Å². The molecule has 0 radical (unpaired) electrons. The zero-order valence-electron chi connectivity index (χ0n) is 10.4. The number of nitrogens with one attached hydrogen (secondary N) is 2. The Kier molecular flexibility index (Phi) is 5.02. The number of benzene rings is 1. The van der Waals surface area contributed by atoms with Gasteiger partial charge in [0.1, 0.15) is 0 Å². The number of rotatable bonds is 5. The SMILES string of the molecule is O=C(Cc1ccc(Cl)cc1)NCC[C@@H]1CCCN1. The summed E-state index contributed by atoms with van der Waals surface area (Å²) in [5, 5.41) is 7.08. The molecule has 0 aromatic heterocycles. The van der Waals surface area contributed by atoms with Gasteiger partial charge in [-0.2, -0.15) is 0 Å². The van der Waals surface area contributed by atoms with Crippen molar-refractivity contribution < 1.29 is 4.79 Å². The highest BCUT2D eigenvalue weighted by Crippen LogP contribution is 2.10. The largest absolute Gasteiger partial charge is 0.356 e. The molecule has 1 aliphatic rings. The lowest BCUT2D eigenvalue weighted by molar-refractivity contribution is -0.120. The zero-order chi connectivity index (χ0) is 12.8. The fourth-order valence-electron chi connectivity index (χ4n) is 2.24. The molecule has 0 aliphatic carbocycles. The molecule has 1 amide bonds. The van der Waals surface area contributed by atoms with Gasteiger partial charge < -0.3 is 10.6 Å². The molecule has 1 atom stereocenters. The summed E-state index contributed by atoms with van der Waals surface area (Å²) >= 11 is 5.80. The van der Waals surface area contributed by atoms with E-state index in [2.05, 4.69) is 10.6 Å². The molecule has 18 heavy (non-hydrogen) atoms. The molecule has 1 aromatic rings. The number of hydrogen-bond acceptors (Lipinski definition) is 2. The lowest BCUT2D eigenvalue weighted by atomic mass is 10.1. The van der Waals surface area contributed by atoms with Gasteiger partial charge in [0.15, 0.2) is 0 Å². The Balaban J connectivity index is 1.66. The van der Waals surface area contributed by atoms with Gasteiger partial charge in [0.05, 0.1) is 6.42 Å². The average Bonchev–Trinajstić information content (AvgIpc) is 2.85. The third-order valence-electron chi connectivity index (χ3n) is 3.26. The van der Waals surface area contributed by atoms with Crippen LogP contribution in [0.15, 0.2) is 24.3 Å². The molecule has 1 aliphatic heterocycles. The van der Waals surface area contributed by atoms with Crippen molar-refractivity contribution in [2.75, 3.05) is 13.1 Å². The second-order valence-electron chi connectivity index (χ2n) is 4.74. The molecule has 2 N–H and O–H groups in total. The van der Waals surface area contributed by atoms with Crippen LogP contribution in [-0.4, -0.2) is 25.0 Å². The zero-order valence-corrected chi connectivity index (χ0v) is 11.2. The summed E-state index contributed by atoms with van der Waals surface area (Å²) in [6.07, 6.45) is 3.93. The van der Waals surface area contributed by atoms with Gasteiger partial charge in [-0.3, -0.25) is 4.79 Å². The number of hydrogen-bond donors (Lipinski definition) is 2. The monoisotopic (exact) mass is 266 g/mol. The first-order chi connectivity index (χ1) is 8.74. The first-order valence-corrected chi connectivity index (χ1v) is 6.86. The predicted molar refractivity (Wildman–Crippen MR) is 73.8 cm³/mol. The lowest BCUT2D eigenvalue weighted by Crippen LogP contribution is -2.31. The molecule has 1 aromatic carbocycles. The van der Waals surface area contributed by atoms with E-state index >= 15 is 0 Å². The molecule has 2 rings (SSSR count). The second-order valence-corrected chi connectivity index (χ2v) is 5.17. The van der Waals surface area contributed by atoms with Crippen molar-refractivity contribution >= 4 is 17.5 Å². The van der Waals surface area contributed by atoms with Crippen LogP contribution in [0, 0.1) is 0 Å². The van der Waals surface area contributed by atoms with Crippen LogP contribution in [0.3, 0.4) is 0 Å². The smallest absolute Gasteiger partial charge is 0.224 e. The second kappa shape index (κ2) is 6.76. The van der Waals surface area contributed by atoms with Crippen LogP contribution in [0.4, 0.5) is 0 Å². The third kappa shape index (κ3) is 4.31. The topological polar surface area (TPSA) is 41.1 Å². The van der Waals surface area contributed by atoms with E-state index < -0.39 is 0 Å². The molecule has 1 heterocycles. The van der Waals surface area contributed by atoms with Crippen LogP contribution in [0.5, 0.6) is 0 Å². The summed E-state index contributed by atoms with van der Waals surface area (Å²) in [6.45, 7) is 1.87. The van der Waals surface area contributed by atoms with Gasteiger partial charge >= 0.3 is 0 Å². The van der Waals surface area contributed by atoms with Crippen molar-refractivity contribution in [3.8, 4) is 0 Å². The molecule has 1 fully saturated rings. The quantitative estimate of drug-likeness (QED) is 0.857. The molecule has 0 saturated carbocycles. The normalized spacial score (nSPS) is 18.8. The van der Waals surface area contributed by atoms with Crippen LogP contribution in [0.2, 0.25) is 5.02 Å². The Morgan fingerprint density at radius 3 is 2.83 bits per heavy atom. The molecule has 3 nitrogen and oxygen atoms in total. The summed E-state index contributed by atoms with van der Waals surface area (Å²) in [7, 11) is 0. The van der Waals surface area contributed by atoms with Crippen LogP contribution in [-0.2, 0) is 11.2 Å². The minimum atomic E-state index is 0.0790. The fraction of sp³-hybridized carbons (Fsp3) is 0.500. The van der Waals surface area contributed by atoms with Gasteiger partial charge in [-0.25, -0.2) is 0 Å². The average molecular weight is 267 g/mol. The highest BCUT2D eigenvalue weighted by Gasteiger charge is 2.13. The first kappa shape index (κ1) is 13.4. The van der Waals surface area contributed by atoms with E-state index in [0.717, 1.165) is 25.1 Å². The Labute approximate surface area is 113 Å². The van der Waals surface area contributed by atoms with Crippen molar-refractivity contribution in [3.63, 3.8) is 0 Å². The summed E-state index contributed by atoms with van der Waals surface area (Å²) in [4.78, 5) is 11.7. The highest BCUT2D eigenvalue weighted by atomic mass is 35.5. The van der Waals surface area contributed by atoms with Crippen molar-refractivity contribution in [1.29, 1.82) is 0 Å². The molecule has 0 unspecified atom stereocenters. The minimum Gasteiger partial charge on any atom is -0.356 e. The van der Waals surface area contributed by atoms with E-state index in [1.807, 2.05) is 24.3 Å². The molecule has 0 spiro atoms. The Morgan fingerprint density at radius 1 is 1.39 bits per heavy atom. The number of carbonyl (C=O) groups is 1. The fourth-order valence-corrected chi connectivity index (χ4v) is 2.37. The minimum absolute atomic E-state index is 0.0790. The predicted octanol–water partition coefficient (Wildman–Crippen LogP) is 2.14. The molecular formula is C14H19ClN2O. The summed E-state index contributed by atoms with van der Waals surface area (Å²) in [6, 6.07) is 7.99. The molecule has 98 valence electrons. The Morgan fingerprint density at radius 2 is 2.17 bits per heavy atom. The maximum atomic E-state index is 11.7. The maximum Gasteiger partial charge on any atom is 0.224 e. The van der Waals surface area contributed by atoms with E-state index in [4.69, 9.17) is 11.6 Å². The number of carbonyl (C=O) groups excluding carboxylic acids is 1. The Hall–Kier alpha value is -1.06. The molecular weight excluding hydrogens is 248 g/mol. The van der Waals surface area contributed by atoms with Gasteiger partial charge in [0, 0.05) is 17.6 Å². The standard InChI is InChI=1S/C14H19ClN2O/c15-12-5-3-11(4-6-12)10-14(18)17-9-7-13-2-1-8-16-13/h3-6,13,16H,1-2,7-10H2,(H,17,18)/t13-/m0/s1. The van der Waals surface area contributed by atoms with Crippen LogP contribution in [0.1, 0.15) is 24.8 Å². The van der Waals surface area contributed by atoms with Gasteiger partial charge in [-0.05, 0) is 43.5 Å². The van der Waals surface area contributed by atoms with E-state index in [0.29, 0.717) is 17.5 Å². The van der Waals surface area contributed by atoms with Crippen molar-refractivity contribution in [2.24, 2.45) is 0 Å². The van der Waals surface area contributed by atoms with Crippen molar-refractivity contribution in [1.82, 2.24) is 10.6 Å². The van der Waals surface area contributed by atoms with Gasteiger partial charge in [0.25, 0.3) is 0 Å². The van der Waals surface area contributed by atoms with E-state index in [9.17, 15) is 4.79 Å². The number of halogens is 1. The van der Waals surface area contributed by atoms with Crippen LogP contribution < -0.4 is 10.6 Å². The van der Waals surface area contributed by atoms with E-state index in [1.54, 1.807) is 0 Å². The highest BCUT2D eigenvalue weighted by molar-refractivity contribution is 6.30. The maximum absolute atomic E-state index is 11.7. The summed E-state index contributed by atoms with van der Waals surface area (Å²) in [5.74, 6) is 0.0790. The lowest BCUT2D eigenvalue weighted by Gasteiger charge is -2.10. The first-order valence-electron chi connectivity index (χ1n) is 6.48. The van der Waals surface area contributed by atoms with Gasteiger partial charge in [-0.15, -0.1) is 0 Å². The van der Waals surface area contributed by atoms with Crippen LogP contribution >= 0.6 is 11.6 Å². The molecule has 4 heteroatoms. The van der Waals surface area contributed by atoms with Gasteiger partial charge in [0.2, 0.25) is 5.91 Å². The molecule has 0 bridgehead atoms. The van der Waals surface area contributed by atoms with Crippen molar-refractivity contribution in [3.05, 3.63) is 34.9 Å². The summed E-state index contributed by atoms with van der Waals surface area (Å²) < 4.78 is 0. The Bertz CT molecular complexity index is 385. The van der Waals surface area contributed by atoms with Crippen molar-refractivity contribution in [2.45, 2.75) is 31.7 Å². The van der Waals surface area contributed by atoms with E-state index in [-0.39, 0.29) is 5.91 Å².